The van der Waals surface area contributed by atoms with Crippen LogP contribution in [0.2, 0.25) is 0 Å². The highest BCUT2D eigenvalue weighted by atomic mass is 16.6. The number of hydrogen-bond donors (Lipinski definition) is 2. The third-order valence-corrected chi connectivity index (χ3v) is 3.11. The number of carbonyl (C=O) groups is 2. The molecule has 1 heterocycles. The van der Waals surface area contributed by atoms with E-state index in [-0.39, 0.29) is 24.5 Å². The van der Waals surface area contributed by atoms with Crippen molar-refractivity contribution in [3.63, 3.8) is 0 Å². The number of carbonyl (C=O) groups excluding carboxylic acids is 2. The molecule has 0 saturated heterocycles. The fourth-order valence-corrected chi connectivity index (χ4v) is 2.05. The molecule has 0 aliphatic carbocycles. The topological polar surface area (TPSA) is 97.8 Å². The molecule has 0 fully saturated rings. The van der Waals surface area contributed by atoms with Crippen LogP contribution in [0, 0.1) is 0 Å². The Balaban J connectivity index is 2.36. The van der Waals surface area contributed by atoms with E-state index in [1.807, 2.05) is 0 Å². The number of anilines is 1. The van der Waals surface area contributed by atoms with Gasteiger partial charge in [-0.05, 0) is 38.1 Å². The number of nitrogens with zero attached hydrogens (tertiary/aromatic N) is 1. The van der Waals surface area contributed by atoms with Gasteiger partial charge in [-0.15, -0.1) is 0 Å². The Bertz CT molecular complexity index is 766. The van der Waals surface area contributed by atoms with Crippen molar-refractivity contribution in [2.45, 2.75) is 13.8 Å². The van der Waals surface area contributed by atoms with Gasteiger partial charge >= 0.3 is 11.9 Å². The van der Waals surface area contributed by atoms with Crippen LogP contribution in [0.15, 0.2) is 42.2 Å². The fraction of sp³-hybridized carbons (Fsp3) is 0.235. The van der Waals surface area contributed by atoms with E-state index in [0.29, 0.717) is 16.6 Å². The lowest BCUT2D eigenvalue weighted by Crippen LogP contribution is -2.19. The van der Waals surface area contributed by atoms with Crippen LogP contribution in [0.4, 0.5) is 5.69 Å². The van der Waals surface area contributed by atoms with Gasteiger partial charge < -0.3 is 19.9 Å². The van der Waals surface area contributed by atoms with Gasteiger partial charge in [-0.25, -0.2) is 9.59 Å². The molecule has 0 bridgehead atoms. The third-order valence-electron chi connectivity index (χ3n) is 3.11. The van der Waals surface area contributed by atoms with Crippen molar-refractivity contribution in [2.75, 3.05) is 18.5 Å². The number of fused-ring (bicyclic) bond motifs is 1. The average Bonchev–Trinajstić information content (AvgIpc) is 2.58. The van der Waals surface area contributed by atoms with E-state index in [0.717, 1.165) is 0 Å². The molecule has 2 aromatic rings. The highest BCUT2D eigenvalue weighted by Gasteiger charge is 2.21. The zero-order valence-electron chi connectivity index (χ0n) is 13.4. The number of aromatic nitrogens is 1. The number of pyridine rings is 1. The summed E-state index contributed by atoms with van der Waals surface area (Å²) in [6, 6.07) is 6.56. The number of ether oxygens (including phenoxy) is 2. The van der Waals surface area contributed by atoms with Crippen molar-refractivity contribution < 1.29 is 24.2 Å². The summed E-state index contributed by atoms with van der Waals surface area (Å²) in [5.74, 6) is -1.51. The van der Waals surface area contributed by atoms with Gasteiger partial charge in [-0.3, -0.25) is 4.98 Å². The second-order valence-electron chi connectivity index (χ2n) is 4.68. The number of hydrogen-bond acceptors (Lipinski definition) is 7. The molecule has 126 valence electrons. The van der Waals surface area contributed by atoms with Crippen molar-refractivity contribution in [1.82, 2.24) is 4.98 Å². The van der Waals surface area contributed by atoms with Gasteiger partial charge in [0.1, 0.15) is 11.3 Å². The van der Waals surface area contributed by atoms with Crippen LogP contribution in [0.1, 0.15) is 13.8 Å². The zero-order chi connectivity index (χ0) is 17.5. The lowest BCUT2D eigenvalue weighted by atomic mass is 10.1. The molecule has 0 saturated carbocycles. The first-order valence-electron chi connectivity index (χ1n) is 7.46. The smallest absolute Gasteiger partial charge is 0.347 e. The molecule has 7 heteroatoms. The number of phenols is 1. The van der Waals surface area contributed by atoms with Crippen LogP contribution in [0.25, 0.3) is 10.9 Å². The van der Waals surface area contributed by atoms with E-state index < -0.39 is 11.9 Å². The first kappa shape index (κ1) is 17.3. The summed E-state index contributed by atoms with van der Waals surface area (Å²) in [5.41, 5.74) is 0.732. The van der Waals surface area contributed by atoms with Crippen molar-refractivity contribution in [3.05, 3.63) is 42.2 Å². The van der Waals surface area contributed by atoms with Gasteiger partial charge in [0.2, 0.25) is 0 Å². The molecule has 0 radical (unpaired) electrons. The maximum Gasteiger partial charge on any atom is 0.347 e. The van der Waals surface area contributed by atoms with E-state index in [1.54, 1.807) is 38.2 Å². The highest BCUT2D eigenvalue weighted by molar-refractivity contribution is 6.14. The quantitative estimate of drug-likeness (QED) is 0.276. The molecule has 1 aromatic heterocycles. The predicted octanol–water partition coefficient (Wildman–Crippen LogP) is 2.36. The number of aromatic hydroxyl groups is 1. The molecule has 0 amide bonds. The van der Waals surface area contributed by atoms with E-state index >= 15 is 0 Å². The number of esters is 2. The first-order valence-corrected chi connectivity index (χ1v) is 7.46. The number of nitrogens with one attached hydrogen (secondary N) is 1. The molecule has 0 atom stereocenters. The summed E-state index contributed by atoms with van der Waals surface area (Å²) in [7, 11) is 0. The molecule has 24 heavy (non-hydrogen) atoms. The van der Waals surface area contributed by atoms with E-state index in [1.165, 1.54) is 12.3 Å². The summed E-state index contributed by atoms with van der Waals surface area (Å²) in [5, 5.41) is 13.4. The summed E-state index contributed by atoms with van der Waals surface area (Å²) >= 11 is 0. The lowest BCUT2D eigenvalue weighted by molar-refractivity contribution is -0.146. The summed E-state index contributed by atoms with van der Waals surface area (Å²) in [4.78, 5) is 27.9. The summed E-state index contributed by atoms with van der Waals surface area (Å²) < 4.78 is 9.73. The van der Waals surface area contributed by atoms with Crippen LogP contribution in [0.3, 0.4) is 0 Å². The van der Waals surface area contributed by atoms with Crippen LogP contribution in [-0.4, -0.2) is 35.2 Å². The molecular weight excluding hydrogens is 312 g/mol. The fourth-order valence-electron chi connectivity index (χ4n) is 2.05. The largest absolute Gasteiger partial charge is 0.506 e. The average molecular weight is 330 g/mol. The normalized spacial score (nSPS) is 10.1. The van der Waals surface area contributed by atoms with E-state index in [4.69, 9.17) is 9.47 Å². The van der Waals surface area contributed by atoms with Gasteiger partial charge in [0.25, 0.3) is 0 Å². The first-order chi connectivity index (χ1) is 11.6. The number of rotatable bonds is 6. The third kappa shape index (κ3) is 3.81. The van der Waals surface area contributed by atoms with Gasteiger partial charge in [0.15, 0.2) is 5.57 Å². The minimum Gasteiger partial charge on any atom is -0.506 e. The molecule has 7 nitrogen and oxygen atoms in total. The maximum absolute atomic E-state index is 11.9. The lowest BCUT2D eigenvalue weighted by Gasteiger charge is -2.10. The van der Waals surface area contributed by atoms with Gasteiger partial charge in [0, 0.05) is 23.5 Å². The van der Waals surface area contributed by atoms with Crippen LogP contribution in [0.5, 0.6) is 5.75 Å². The monoisotopic (exact) mass is 330 g/mol. The van der Waals surface area contributed by atoms with Gasteiger partial charge in [0.05, 0.1) is 13.2 Å². The minimum atomic E-state index is -0.773. The molecule has 0 aliphatic heterocycles. The molecular formula is C17H18N2O5. The molecule has 0 unspecified atom stereocenters. The summed E-state index contributed by atoms with van der Waals surface area (Å²) in [6.07, 6.45) is 2.79. The van der Waals surface area contributed by atoms with E-state index in [9.17, 15) is 14.7 Å². The van der Waals surface area contributed by atoms with Crippen molar-refractivity contribution in [3.8, 4) is 5.75 Å². The molecule has 2 rings (SSSR count). The Labute approximate surface area is 138 Å². The molecule has 0 spiro atoms. The van der Waals surface area contributed by atoms with Gasteiger partial charge in [-0.2, -0.15) is 0 Å². The molecule has 0 aliphatic rings. The Morgan fingerprint density at radius 3 is 2.46 bits per heavy atom. The second-order valence-corrected chi connectivity index (χ2v) is 4.68. The summed E-state index contributed by atoms with van der Waals surface area (Å²) in [6.45, 7) is 3.57. The SMILES string of the molecule is CCOC(=O)C(=CNc1ccc(O)c2ncccc12)C(=O)OCC. The Hall–Kier alpha value is -3.09. The van der Waals surface area contributed by atoms with Gasteiger partial charge in [-0.1, -0.05) is 0 Å². The molecule has 2 N–H and O–H groups in total. The number of benzene rings is 1. The van der Waals surface area contributed by atoms with Crippen molar-refractivity contribution in [1.29, 1.82) is 0 Å². The van der Waals surface area contributed by atoms with Crippen molar-refractivity contribution >= 4 is 28.5 Å². The maximum atomic E-state index is 11.9. The predicted molar refractivity (Wildman–Crippen MR) is 88.4 cm³/mol. The Morgan fingerprint density at radius 2 is 1.83 bits per heavy atom. The van der Waals surface area contributed by atoms with Crippen LogP contribution in [-0.2, 0) is 19.1 Å². The number of phenolic OH excluding ortho intramolecular Hbond substituents is 1. The second kappa shape index (κ2) is 7.96. The highest BCUT2D eigenvalue weighted by Crippen LogP contribution is 2.29. The zero-order valence-corrected chi connectivity index (χ0v) is 13.4. The van der Waals surface area contributed by atoms with Crippen molar-refractivity contribution in [2.24, 2.45) is 0 Å². The Kier molecular flexibility index (Phi) is 5.73. The van der Waals surface area contributed by atoms with E-state index in [2.05, 4.69) is 10.3 Å². The van der Waals surface area contributed by atoms with Crippen LogP contribution >= 0.6 is 0 Å². The minimum absolute atomic E-state index is 0.0381. The molecule has 1 aromatic carbocycles. The van der Waals surface area contributed by atoms with Crippen LogP contribution < -0.4 is 5.32 Å². The Morgan fingerprint density at radius 1 is 1.17 bits per heavy atom. The standard InChI is InChI=1S/C17H18N2O5/c1-3-23-16(21)12(17(22)24-4-2)10-19-13-7-8-14(20)15-11(13)6-5-9-18-15/h5-10,19-20H,3-4H2,1-2H3.